The Bertz CT molecular complexity index is 593. The number of hydrogen-bond acceptors (Lipinski definition) is 3. The fourth-order valence-corrected chi connectivity index (χ4v) is 2.15. The summed E-state index contributed by atoms with van der Waals surface area (Å²) in [6, 6.07) is 19.2. The van der Waals surface area contributed by atoms with Crippen LogP contribution in [0.25, 0.3) is 6.08 Å². The normalized spacial score (nSPS) is 12.2. The van der Waals surface area contributed by atoms with Crippen molar-refractivity contribution in [3.8, 4) is 0 Å². The zero-order valence-corrected chi connectivity index (χ0v) is 12.7. The summed E-state index contributed by atoms with van der Waals surface area (Å²) in [6.45, 7) is 2.78. The van der Waals surface area contributed by atoms with E-state index in [9.17, 15) is 4.79 Å². The van der Waals surface area contributed by atoms with Gasteiger partial charge in [0, 0.05) is 6.54 Å². The second kappa shape index (κ2) is 8.80. The Kier molecular flexibility index (Phi) is 6.39. The second-order valence-electron chi connectivity index (χ2n) is 4.82. The number of benzene rings is 2. The third-order valence-corrected chi connectivity index (χ3v) is 3.20. The molecule has 1 atom stereocenters. The quantitative estimate of drug-likeness (QED) is 0.793. The van der Waals surface area contributed by atoms with Gasteiger partial charge in [-0.2, -0.15) is 0 Å². The zero-order valence-electron chi connectivity index (χ0n) is 12.7. The van der Waals surface area contributed by atoms with E-state index in [1.165, 1.54) is 0 Å². The summed E-state index contributed by atoms with van der Waals surface area (Å²) in [6.07, 6.45) is 4.03. The molecule has 0 amide bonds. The molecule has 114 valence electrons. The summed E-state index contributed by atoms with van der Waals surface area (Å²) in [5.74, 6) is -0.248. The van der Waals surface area contributed by atoms with Crippen molar-refractivity contribution < 1.29 is 9.53 Å². The average Bonchev–Trinajstić information content (AvgIpc) is 2.57. The van der Waals surface area contributed by atoms with Crippen molar-refractivity contribution >= 4 is 12.0 Å². The Labute approximate surface area is 131 Å². The molecule has 0 saturated carbocycles. The predicted molar refractivity (Wildman–Crippen MR) is 89.3 cm³/mol. The van der Waals surface area contributed by atoms with Crippen molar-refractivity contribution in [2.75, 3.05) is 13.2 Å². The molecule has 3 heteroatoms. The summed E-state index contributed by atoms with van der Waals surface area (Å²) < 4.78 is 5.15. The van der Waals surface area contributed by atoms with Crippen LogP contribution in [-0.2, 0) is 9.53 Å². The van der Waals surface area contributed by atoms with Crippen molar-refractivity contribution in [3.63, 3.8) is 0 Å². The van der Waals surface area contributed by atoms with E-state index < -0.39 is 6.04 Å². The van der Waals surface area contributed by atoms with Crippen LogP contribution in [0.15, 0.2) is 66.7 Å². The summed E-state index contributed by atoms with van der Waals surface area (Å²) in [5.41, 5.74) is 2.05. The van der Waals surface area contributed by atoms with Gasteiger partial charge >= 0.3 is 5.97 Å². The molecule has 2 rings (SSSR count). The summed E-state index contributed by atoms with van der Waals surface area (Å²) >= 11 is 0. The molecule has 3 nitrogen and oxygen atoms in total. The molecule has 0 heterocycles. The van der Waals surface area contributed by atoms with Crippen LogP contribution in [0.2, 0.25) is 0 Å². The Hall–Kier alpha value is -2.39. The first-order valence-corrected chi connectivity index (χ1v) is 7.48. The van der Waals surface area contributed by atoms with Crippen molar-refractivity contribution in [2.45, 2.75) is 13.0 Å². The molecule has 0 saturated heterocycles. The van der Waals surface area contributed by atoms with Crippen molar-refractivity contribution in [2.24, 2.45) is 0 Å². The molecular formula is C19H21NO2. The molecule has 0 aliphatic heterocycles. The summed E-state index contributed by atoms with van der Waals surface area (Å²) in [5, 5.41) is 3.23. The van der Waals surface area contributed by atoms with Crippen molar-refractivity contribution in [1.82, 2.24) is 5.32 Å². The molecule has 0 spiro atoms. The minimum absolute atomic E-state index is 0.248. The lowest BCUT2D eigenvalue weighted by Gasteiger charge is -2.16. The minimum Gasteiger partial charge on any atom is -0.465 e. The van der Waals surface area contributed by atoms with Crippen LogP contribution in [0, 0.1) is 0 Å². The van der Waals surface area contributed by atoms with E-state index in [-0.39, 0.29) is 5.97 Å². The van der Waals surface area contributed by atoms with Crippen LogP contribution >= 0.6 is 0 Å². The molecule has 0 aliphatic rings. The Morgan fingerprint density at radius 3 is 2.36 bits per heavy atom. The number of ether oxygens (including phenoxy) is 1. The van der Waals surface area contributed by atoms with Crippen LogP contribution in [0.4, 0.5) is 0 Å². The minimum atomic E-state index is -0.443. The van der Waals surface area contributed by atoms with E-state index in [1.54, 1.807) is 0 Å². The van der Waals surface area contributed by atoms with Gasteiger partial charge in [-0.25, -0.2) is 4.79 Å². The number of esters is 1. The van der Waals surface area contributed by atoms with Gasteiger partial charge in [-0.15, -0.1) is 0 Å². The largest absolute Gasteiger partial charge is 0.465 e. The van der Waals surface area contributed by atoms with Gasteiger partial charge in [-0.1, -0.05) is 72.8 Å². The highest BCUT2D eigenvalue weighted by molar-refractivity contribution is 5.77. The van der Waals surface area contributed by atoms with Crippen LogP contribution in [0.1, 0.15) is 24.1 Å². The smallest absolute Gasteiger partial charge is 0.327 e. The van der Waals surface area contributed by atoms with E-state index in [4.69, 9.17) is 4.74 Å². The van der Waals surface area contributed by atoms with Gasteiger partial charge in [-0.05, 0) is 18.1 Å². The Balaban J connectivity index is 1.98. The zero-order chi connectivity index (χ0) is 15.6. The van der Waals surface area contributed by atoms with Gasteiger partial charge in [0.25, 0.3) is 0 Å². The topological polar surface area (TPSA) is 38.3 Å². The molecule has 0 bridgehead atoms. The first-order valence-electron chi connectivity index (χ1n) is 7.48. The molecule has 1 unspecified atom stereocenters. The molecule has 0 radical (unpaired) electrons. The highest BCUT2D eigenvalue weighted by Crippen LogP contribution is 2.14. The molecule has 0 aliphatic carbocycles. The van der Waals surface area contributed by atoms with E-state index in [1.807, 2.05) is 79.7 Å². The standard InChI is InChI=1S/C19H21NO2/c1-2-22-19(21)18(17-13-7-4-8-14-17)20-15-9-12-16-10-5-3-6-11-16/h3-14,18,20H,2,15H2,1H3. The molecule has 1 N–H and O–H groups in total. The van der Waals surface area contributed by atoms with Crippen molar-refractivity contribution in [1.29, 1.82) is 0 Å². The van der Waals surface area contributed by atoms with Crippen LogP contribution in [-0.4, -0.2) is 19.1 Å². The van der Waals surface area contributed by atoms with E-state index in [0.29, 0.717) is 13.2 Å². The molecule has 0 fully saturated rings. The number of carbonyl (C=O) groups excluding carboxylic acids is 1. The third kappa shape index (κ3) is 4.86. The number of nitrogens with one attached hydrogen (secondary N) is 1. The lowest BCUT2D eigenvalue weighted by Crippen LogP contribution is -2.30. The molecule has 2 aromatic carbocycles. The number of carbonyl (C=O) groups is 1. The maximum Gasteiger partial charge on any atom is 0.327 e. The van der Waals surface area contributed by atoms with Crippen molar-refractivity contribution in [3.05, 3.63) is 77.9 Å². The van der Waals surface area contributed by atoms with Crippen LogP contribution in [0.3, 0.4) is 0 Å². The number of rotatable bonds is 7. The fraction of sp³-hybridized carbons (Fsp3) is 0.211. The van der Waals surface area contributed by atoms with E-state index in [0.717, 1.165) is 11.1 Å². The van der Waals surface area contributed by atoms with E-state index in [2.05, 4.69) is 5.32 Å². The van der Waals surface area contributed by atoms with Gasteiger partial charge in [0.1, 0.15) is 6.04 Å². The maximum absolute atomic E-state index is 12.1. The van der Waals surface area contributed by atoms with Crippen LogP contribution < -0.4 is 5.32 Å². The highest BCUT2D eigenvalue weighted by atomic mass is 16.5. The highest BCUT2D eigenvalue weighted by Gasteiger charge is 2.20. The lowest BCUT2D eigenvalue weighted by atomic mass is 10.1. The van der Waals surface area contributed by atoms with Gasteiger partial charge in [-0.3, -0.25) is 5.32 Å². The van der Waals surface area contributed by atoms with Gasteiger partial charge < -0.3 is 4.74 Å². The van der Waals surface area contributed by atoms with Crippen LogP contribution in [0.5, 0.6) is 0 Å². The van der Waals surface area contributed by atoms with Gasteiger partial charge in [0.05, 0.1) is 6.61 Å². The SMILES string of the molecule is CCOC(=O)C(NCC=Cc1ccccc1)c1ccccc1. The summed E-state index contributed by atoms with van der Waals surface area (Å²) in [4.78, 5) is 12.1. The summed E-state index contributed by atoms with van der Waals surface area (Å²) in [7, 11) is 0. The first kappa shape index (κ1) is 16.0. The number of hydrogen-bond donors (Lipinski definition) is 1. The molecule has 0 aromatic heterocycles. The monoisotopic (exact) mass is 295 g/mol. The first-order chi connectivity index (χ1) is 10.8. The Morgan fingerprint density at radius 2 is 1.73 bits per heavy atom. The predicted octanol–water partition coefficient (Wildman–Crippen LogP) is 3.59. The Morgan fingerprint density at radius 1 is 1.09 bits per heavy atom. The van der Waals surface area contributed by atoms with Gasteiger partial charge in [0.15, 0.2) is 0 Å². The van der Waals surface area contributed by atoms with Gasteiger partial charge in [0.2, 0.25) is 0 Å². The lowest BCUT2D eigenvalue weighted by molar-refractivity contribution is -0.145. The molecule has 22 heavy (non-hydrogen) atoms. The third-order valence-electron chi connectivity index (χ3n) is 3.20. The van der Waals surface area contributed by atoms with E-state index >= 15 is 0 Å². The fourth-order valence-electron chi connectivity index (χ4n) is 2.15. The maximum atomic E-state index is 12.1. The molecule has 2 aromatic rings. The second-order valence-corrected chi connectivity index (χ2v) is 4.82. The average molecular weight is 295 g/mol. The molecular weight excluding hydrogens is 274 g/mol.